The molecule has 0 aliphatic carbocycles. The molecule has 1 N–H and O–H groups in total. The van der Waals surface area contributed by atoms with Crippen LogP contribution in [0.4, 0.5) is 0 Å². The van der Waals surface area contributed by atoms with E-state index in [1.54, 1.807) is 6.34 Å². The number of nitrogens with one attached hydrogen (secondary N) is 1. The number of hydrazone groups is 1. The molecule has 0 spiro atoms. The molecule has 2 heterocycles. The second-order valence-corrected chi connectivity index (χ2v) is 5.09. The number of guanidine groups is 1. The first-order valence-corrected chi connectivity index (χ1v) is 7.15. The Morgan fingerprint density at radius 1 is 1.22 bits per heavy atom. The first kappa shape index (κ1) is 13.1. The molecule has 0 bridgehead atoms. The minimum absolute atomic E-state index is 0.874. The van der Waals surface area contributed by atoms with Crippen molar-refractivity contribution in [1.29, 1.82) is 0 Å². The lowest BCUT2D eigenvalue weighted by atomic mass is 10.0. The summed E-state index contributed by atoms with van der Waals surface area (Å²) in [5, 5.41) is 9.24. The van der Waals surface area contributed by atoms with Crippen molar-refractivity contribution >= 4 is 12.3 Å². The molecular formula is C14H24N4. The lowest BCUT2D eigenvalue weighted by Gasteiger charge is -2.22. The monoisotopic (exact) mass is 248 g/mol. The molecule has 0 aromatic carbocycles. The molecule has 2 rings (SSSR count). The molecule has 4 heteroatoms. The van der Waals surface area contributed by atoms with Gasteiger partial charge in [-0.2, -0.15) is 5.10 Å². The largest absolute Gasteiger partial charge is 0.314 e. The molecule has 2 aliphatic rings. The van der Waals surface area contributed by atoms with Crippen molar-refractivity contribution in [2.24, 2.45) is 10.1 Å². The predicted octanol–water partition coefficient (Wildman–Crippen LogP) is 3.23. The summed E-state index contributed by atoms with van der Waals surface area (Å²) in [6.07, 6.45) is 11.0. The quantitative estimate of drug-likeness (QED) is 0.703. The van der Waals surface area contributed by atoms with Crippen LogP contribution in [0.25, 0.3) is 0 Å². The predicted molar refractivity (Wildman–Crippen MR) is 76.5 cm³/mol. The molecule has 0 unspecified atom stereocenters. The summed E-state index contributed by atoms with van der Waals surface area (Å²) < 4.78 is 0. The summed E-state index contributed by atoms with van der Waals surface area (Å²) in [6.45, 7) is 5.27. The van der Waals surface area contributed by atoms with Gasteiger partial charge in [0.2, 0.25) is 5.96 Å². The Morgan fingerprint density at radius 2 is 2.00 bits per heavy atom. The van der Waals surface area contributed by atoms with Gasteiger partial charge in [0.25, 0.3) is 0 Å². The topological polar surface area (TPSA) is 40.0 Å². The maximum absolute atomic E-state index is 4.54. The standard InChI is InChI=1S/C14H24N4/c1-3-4-5-6-7-8-9-13-10-18-14(15-11-16-18)17-12(13)2/h11H,3-10H2,1-2H3,(H,15,16,17). The zero-order chi connectivity index (χ0) is 12.8. The van der Waals surface area contributed by atoms with E-state index in [0.29, 0.717) is 0 Å². The molecule has 0 fully saturated rings. The van der Waals surface area contributed by atoms with Crippen molar-refractivity contribution in [3.8, 4) is 0 Å². The van der Waals surface area contributed by atoms with Gasteiger partial charge >= 0.3 is 0 Å². The number of hydrogen-bond acceptors (Lipinski definition) is 4. The fourth-order valence-corrected chi connectivity index (χ4v) is 2.40. The summed E-state index contributed by atoms with van der Waals surface area (Å²) in [5.74, 6) is 0.874. The van der Waals surface area contributed by atoms with E-state index in [0.717, 1.165) is 12.5 Å². The van der Waals surface area contributed by atoms with Gasteiger partial charge in [-0.25, -0.2) is 10.0 Å². The van der Waals surface area contributed by atoms with Gasteiger partial charge < -0.3 is 5.32 Å². The molecule has 2 aliphatic heterocycles. The summed E-state index contributed by atoms with van der Waals surface area (Å²) in [6, 6.07) is 0. The third-order valence-electron chi connectivity index (χ3n) is 3.59. The van der Waals surface area contributed by atoms with Gasteiger partial charge in [-0.1, -0.05) is 39.0 Å². The fraction of sp³-hybridized carbons (Fsp3) is 0.714. The Balaban J connectivity index is 1.72. The zero-order valence-corrected chi connectivity index (χ0v) is 11.6. The Kier molecular flexibility index (Phi) is 4.79. The normalized spacial score (nSPS) is 17.9. The van der Waals surface area contributed by atoms with Crippen LogP contribution < -0.4 is 5.32 Å². The fourth-order valence-electron chi connectivity index (χ4n) is 2.40. The zero-order valence-electron chi connectivity index (χ0n) is 11.6. The van der Waals surface area contributed by atoms with E-state index in [9.17, 15) is 0 Å². The highest BCUT2D eigenvalue weighted by atomic mass is 15.6. The molecule has 18 heavy (non-hydrogen) atoms. The highest BCUT2D eigenvalue weighted by molar-refractivity contribution is 5.95. The number of allylic oxidation sites excluding steroid dienone is 1. The van der Waals surface area contributed by atoms with E-state index in [2.05, 4.69) is 29.3 Å². The SMILES string of the molecule is CCCCCCCCC1=C(C)N=C2NC=NN2C1. The Labute approximate surface area is 110 Å². The van der Waals surface area contributed by atoms with Gasteiger partial charge in [0, 0.05) is 5.70 Å². The van der Waals surface area contributed by atoms with Crippen LogP contribution in [0.3, 0.4) is 0 Å². The van der Waals surface area contributed by atoms with E-state index >= 15 is 0 Å². The van der Waals surface area contributed by atoms with Crippen LogP contribution in [-0.2, 0) is 0 Å². The number of unbranched alkanes of at least 4 members (excludes halogenated alkanes) is 5. The highest BCUT2D eigenvalue weighted by Gasteiger charge is 2.21. The number of nitrogens with zero attached hydrogens (tertiary/aromatic N) is 3. The van der Waals surface area contributed by atoms with E-state index in [-0.39, 0.29) is 0 Å². The Bertz CT molecular complexity index is 368. The summed E-state index contributed by atoms with van der Waals surface area (Å²) in [4.78, 5) is 4.54. The lowest BCUT2D eigenvalue weighted by molar-refractivity contribution is 0.466. The van der Waals surface area contributed by atoms with Crippen LogP contribution in [-0.4, -0.2) is 23.9 Å². The maximum Gasteiger partial charge on any atom is 0.225 e. The maximum atomic E-state index is 4.54. The Hall–Kier alpha value is -1.32. The van der Waals surface area contributed by atoms with Gasteiger partial charge in [0.05, 0.1) is 6.54 Å². The number of fused-ring (bicyclic) bond motifs is 1. The van der Waals surface area contributed by atoms with Crippen molar-refractivity contribution in [1.82, 2.24) is 10.3 Å². The molecular weight excluding hydrogens is 224 g/mol. The third-order valence-corrected chi connectivity index (χ3v) is 3.59. The molecule has 0 amide bonds. The van der Waals surface area contributed by atoms with Gasteiger partial charge in [0.15, 0.2) is 0 Å². The second-order valence-electron chi connectivity index (χ2n) is 5.09. The molecule has 0 saturated heterocycles. The first-order chi connectivity index (χ1) is 8.81. The summed E-state index contributed by atoms with van der Waals surface area (Å²) in [7, 11) is 0. The summed E-state index contributed by atoms with van der Waals surface area (Å²) >= 11 is 0. The minimum atomic E-state index is 0.874. The van der Waals surface area contributed by atoms with Crippen LogP contribution in [0.2, 0.25) is 0 Å². The average Bonchev–Trinajstić information content (AvgIpc) is 2.80. The second kappa shape index (κ2) is 6.57. The smallest absolute Gasteiger partial charge is 0.225 e. The van der Waals surface area contributed by atoms with Crippen LogP contribution in [0, 0.1) is 0 Å². The third kappa shape index (κ3) is 3.34. The van der Waals surface area contributed by atoms with Crippen molar-refractivity contribution < 1.29 is 0 Å². The highest BCUT2D eigenvalue weighted by Crippen LogP contribution is 2.21. The van der Waals surface area contributed by atoms with Crippen molar-refractivity contribution in [2.45, 2.75) is 58.8 Å². The van der Waals surface area contributed by atoms with Crippen molar-refractivity contribution in [3.05, 3.63) is 11.3 Å². The molecule has 0 saturated carbocycles. The number of hydrogen-bond donors (Lipinski definition) is 1. The number of rotatable bonds is 7. The average molecular weight is 248 g/mol. The number of aliphatic imine (C=N–C) groups is 1. The van der Waals surface area contributed by atoms with Crippen LogP contribution >= 0.6 is 0 Å². The van der Waals surface area contributed by atoms with Crippen LogP contribution in [0.5, 0.6) is 0 Å². The molecule has 100 valence electrons. The lowest BCUT2D eigenvalue weighted by Crippen LogP contribution is -2.34. The molecule has 0 radical (unpaired) electrons. The Morgan fingerprint density at radius 3 is 2.83 bits per heavy atom. The van der Waals surface area contributed by atoms with Crippen LogP contribution in [0.15, 0.2) is 21.4 Å². The van der Waals surface area contributed by atoms with E-state index < -0.39 is 0 Å². The van der Waals surface area contributed by atoms with E-state index in [1.165, 1.54) is 56.2 Å². The molecule has 0 aromatic rings. The van der Waals surface area contributed by atoms with Crippen molar-refractivity contribution in [3.63, 3.8) is 0 Å². The van der Waals surface area contributed by atoms with Gasteiger partial charge in [-0.05, 0) is 25.3 Å². The van der Waals surface area contributed by atoms with Crippen LogP contribution in [0.1, 0.15) is 58.8 Å². The van der Waals surface area contributed by atoms with Crippen molar-refractivity contribution in [2.75, 3.05) is 6.54 Å². The molecule has 0 atom stereocenters. The minimum Gasteiger partial charge on any atom is -0.314 e. The molecule has 4 nitrogen and oxygen atoms in total. The van der Waals surface area contributed by atoms with Gasteiger partial charge in [-0.3, -0.25) is 0 Å². The van der Waals surface area contributed by atoms with E-state index in [1.807, 2.05) is 5.01 Å². The summed E-state index contributed by atoms with van der Waals surface area (Å²) in [5.41, 5.74) is 2.61. The first-order valence-electron chi connectivity index (χ1n) is 7.15. The van der Waals surface area contributed by atoms with E-state index in [4.69, 9.17) is 0 Å². The van der Waals surface area contributed by atoms with Gasteiger partial charge in [-0.15, -0.1) is 0 Å². The van der Waals surface area contributed by atoms with Gasteiger partial charge in [0.1, 0.15) is 6.34 Å². The molecule has 0 aromatic heterocycles.